The number of aromatic nitrogens is 2. The molecule has 0 unspecified atom stereocenters. The standard InChI is InChI=1S/C7H8N4O/c1-11-4-5(7(9)10-11)2-3-6(8)12/h4H,1H3,(H2,8,12)(H2,9,10). The summed E-state index contributed by atoms with van der Waals surface area (Å²) in [5.41, 5.74) is 10.8. The van der Waals surface area contributed by atoms with Gasteiger partial charge in [-0.05, 0) is 0 Å². The highest BCUT2D eigenvalue weighted by Gasteiger charge is 1.98. The van der Waals surface area contributed by atoms with Gasteiger partial charge >= 0.3 is 0 Å². The summed E-state index contributed by atoms with van der Waals surface area (Å²) < 4.78 is 1.51. The van der Waals surface area contributed by atoms with Gasteiger partial charge in [0.05, 0.1) is 5.56 Å². The average molecular weight is 164 g/mol. The van der Waals surface area contributed by atoms with Crippen molar-refractivity contribution in [1.82, 2.24) is 9.78 Å². The maximum absolute atomic E-state index is 10.3. The normalized spacial score (nSPS) is 8.75. The zero-order valence-electron chi connectivity index (χ0n) is 6.53. The van der Waals surface area contributed by atoms with Gasteiger partial charge in [-0.25, -0.2) is 0 Å². The van der Waals surface area contributed by atoms with E-state index in [-0.39, 0.29) is 0 Å². The van der Waals surface area contributed by atoms with Crippen molar-refractivity contribution in [2.75, 3.05) is 5.73 Å². The van der Waals surface area contributed by atoms with Crippen LogP contribution in [-0.4, -0.2) is 15.7 Å². The van der Waals surface area contributed by atoms with E-state index < -0.39 is 5.91 Å². The summed E-state index contributed by atoms with van der Waals surface area (Å²) in [5, 5.41) is 3.83. The van der Waals surface area contributed by atoms with Gasteiger partial charge in [-0.3, -0.25) is 9.48 Å². The van der Waals surface area contributed by atoms with Crippen LogP contribution in [-0.2, 0) is 11.8 Å². The van der Waals surface area contributed by atoms with Crippen LogP contribution in [0.25, 0.3) is 0 Å². The van der Waals surface area contributed by atoms with E-state index in [4.69, 9.17) is 11.5 Å². The SMILES string of the molecule is Cn1cc(C#CC(N)=O)c(N)n1. The van der Waals surface area contributed by atoms with Gasteiger partial charge in [-0.2, -0.15) is 5.10 Å². The fraction of sp³-hybridized carbons (Fsp3) is 0.143. The minimum absolute atomic E-state index is 0.297. The lowest BCUT2D eigenvalue weighted by molar-refractivity contribution is -0.112. The molecule has 0 aliphatic rings. The Morgan fingerprint density at radius 3 is 2.83 bits per heavy atom. The van der Waals surface area contributed by atoms with Crippen molar-refractivity contribution in [3.63, 3.8) is 0 Å². The molecule has 1 aromatic heterocycles. The summed E-state index contributed by atoms with van der Waals surface area (Å²) in [5.74, 6) is 4.29. The van der Waals surface area contributed by atoms with Crippen LogP contribution in [0.4, 0.5) is 5.82 Å². The summed E-state index contributed by atoms with van der Waals surface area (Å²) in [6, 6.07) is 0. The maximum Gasteiger partial charge on any atom is 0.293 e. The molecule has 12 heavy (non-hydrogen) atoms. The minimum Gasteiger partial charge on any atom is -0.381 e. The second-order valence-electron chi connectivity index (χ2n) is 2.22. The van der Waals surface area contributed by atoms with Crippen LogP contribution >= 0.6 is 0 Å². The molecule has 0 aromatic carbocycles. The third kappa shape index (κ3) is 1.76. The highest BCUT2D eigenvalue weighted by molar-refractivity contribution is 5.92. The number of carbonyl (C=O) groups is 1. The van der Waals surface area contributed by atoms with Crippen molar-refractivity contribution in [2.24, 2.45) is 12.8 Å². The zero-order chi connectivity index (χ0) is 9.14. The third-order valence-electron chi connectivity index (χ3n) is 1.18. The van der Waals surface area contributed by atoms with E-state index in [0.717, 1.165) is 0 Å². The van der Waals surface area contributed by atoms with E-state index >= 15 is 0 Å². The van der Waals surface area contributed by atoms with E-state index in [1.807, 2.05) is 0 Å². The first kappa shape index (κ1) is 8.14. The largest absolute Gasteiger partial charge is 0.381 e. The van der Waals surface area contributed by atoms with Crippen LogP contribution in [0.2, 0.25) is 0 Å². The smallest absolute Gasteiger partial charge is 0.293 e. The summed E-state index contributed by atoms with van der Waals surface area (Å²) in [7, 11) is 1.71. The molecule has 0 atom stereocenters. The van der Waals surface area contributed by atoms with Crippen LogP contribution < -0.4 is 11.5 Å². The molecule has 0 spiro atoms. The van der Waals surface area contributed by atoms with E-state index in [1.165, 1.54) is 4.68 Å². The number of amides is 1. The molecule has 0 aliphatic heterocycles. The number of anilines is 1. The Morgan fingerprint density at radius 1 is 1.75 bits per heavy atom. The summed E-state index contributed by atoms with van der Waals surface area (Å²) in [6.45, 7) is 0. The number of hydrogen-bond acceptors (Lipinski definition) is 3. The molecule has 5 nitrogen and oxygen atoms in total. The highest BCUT2D eigenvalue weighted by Crippen LogP contribution is 2.04. The van der Waals surface area contributed by atoms with E-state index in [9.17, 15) is 4.79 Å². The second-order valence-corrected chi connectivity index (χ2v) is 2.22. The predicted octanol–water partition coefficient (Wildman–Crippen LogP) is -1.16. The lowest BCUT2D eigenvalue weighted by Gasteiger charge is -1.80. The van der Waals surface area contributed by atoms with Crippen molar-refractivity contribution in [3.8, 4) is 11.8 Å². The number of nitrogens with zero attached hydrogens (tertiary/aromatic N) is 2. The number of primary amides is 1. The van der Waals surface area contributed by atoms with Crippen molar-refractivity contribution in [3.05, 3.63) is 11.8 Å². The Hall–Kier alpha value is -1.96. The molecule has 0 saturated heterocycles. The first-order chi connectivity index (χ1) is 5.59. The summed E-state index contributed by atoms with van der Waals surface area (Å²) >= 11 is 0. The predicted molar refractivity (Wildman–Crippen MR) is 43.7 cm³/mol. The molecule has 1 aromatic rings. The summed E-state index contributed by atoms with van der Waals surface area (Å²) in [6.07, 6.45) is 1.62. The van der Waals surface area contributed by atoms with Gasteiger partial charge in [0, 0.05) is 19.2 Å². The fourth-order valence-electron chi connectivity index (χ4n) is 0.731. The number of nitrogens with two attached hydrogens (primary N) is 2. The number of rotatable bonds is 0. The van der Waals surface area contributed by atoms with Gasteiger partial charge in [0.15, 0.2) is 5.82 Å². The van der Waals surface area contributed by atoms with Crippen LogP contribution in [0.5, 0.6) is 0 Å². The molecule has 62 valence electrons. The van der Waals surface area contributed by atoms with Crippen molar-refractivity contribution in [2.45, 2.75) is 0 Å². The molecular weight excluding hydrogens is 156 g/mol. The zero-order valence-corrected chi connectivity index (χ0v) is 6.53. The number of carbonyl (C=O) groups excluding carboxylic acids is 1. The molecule has 0 saturated carbocycles. The average Bonchev–Trinajstić information content (AvgIpc) is 2.26. The van der Waals surface area contributed by atoms with Gasteiger partial charge in [-0.15, -0.1) is 0 Å². The molecule has 1 heterocycles. The van der Waals surface area contributed by atoms with Gasteiger partial charge in [-0.1, -0.05) is 5.92 Å². The molecule has 0 fully saturated rings. The maximum atomic E-state index is 10.3. The van der Waals surface area contributed by atoms with Gasteiger partial charge in [0.25, 0.3) is 5.91 Å². The highest BCUT2D eigenvalue weighted by atomic mass is 16.1. The first-order valence-electron chi connectivity index (χ1n) is 3.20. The number of hydrogen-bond donors (Lipinski definition) is 2. The molecular formula is C7H8N4O. The number of nitrogen functional groups attached to an aromatic ring is 1. The minimum atomic E-state index is -0.682. The molecule has 1 amide bonds. The Kier molecular flexibility index (Phi) is 2.01. The van der Waals surface area contributed by atoms with E-state index in [0.29, 0.717) is 11.4 Å². The Bertz CT molecular complexity index is 368. The van der Waals surface area contributed by atoms with Gasteiger partial charge < -0.3 is 11.5 Å². The van der Waals surface area contributed by atoms with Crippen molar-refractivity contribution in [1.29, 1.82) is 0 Å². The first-order valence-corrected chi connectivity index (χ1v) is 3.20. The fourth-order valence-corrected chi connectivity index (χ4v) is 0.731. The second kappa shape index (κ2) is 2.96. The Labute approximate surface area is 69.3 Å². The molecule has 0 aliphatic carbocycles. The number of aryl methyl sites for hydroxylation is 1. The third-order valence-corrected chi connectivity index (χ3v) is 1.18. The van der Waals surface area contributed by atoms with Crippen molar-refractivity contribution < 1.29 is 4.79 Å². The molecule has 1 rings (SSSR count). The topological polar surface area (TPSA) is 86.9 Å². The van der Waals surface area contributed by atoms with E-state index in [1.54, 1.807) is 13.2 Å². The van der Waals surface area contributed by atoms with Gasteiger partial charge in [0.2, 0.25) is 0 Å². The van der Waals surface area contributed by atoms with Crippen LogP contribution in [0, 0.1) is 11.8 Å². The van der Waals surface area contributed by atoms with Crippen LogP contribution in [0.3, 0.4) is 0 Å². The van der Waals surface area contributed by atoms with Crippen LogP contribution in [0.15, 0.2) is 6.20 Å². The Morgan fingerprint density at radius 2 is 2.42 bits per heavy atom. The van der Waals surface area contributed by atoms with E-state index in [2.05, 4.69) is 16.9 Å². The quantitative estimate of drug-likeness (QED) is 0.474. The lowest BCUT2D eigenvalue weighted by atomic mass is 10.3. The molecule has 4 N–H and O–H groups in total. The monoisotopic (exact) mass is 164 g/mol. The van der Waals surface area contributed by atoms with Crippen molar-refractivity contribution >= 4 is 11.7 Å². The Balaban J connectivity index is 2.98. The molecule has 5 heteroatoms. The molecule has 0 radical (unpaired) electrons. The van der Waals surface area contributed by atoms with Crippen LogP contribution in [0.1, 0.15) is 5.56 Å². The van der Waals surface area contributed by atoms with Gasteiger partial charge in [0.1, 0.15) is 0 Å². The molecule has 0 bridgehead atoms. The lowest BCUT2D eigenvalue weighted by Crippen LogP contribution is -2.06. The summed E-state index contributed by atoms with van der Waals surface area (Å²) in [4.78, 5) is 10.3.